The van der Waals surface area contributed by atoms with Gasteiger partial charge in [0, 0.05) is 19.3 Å². The number of carbonyl (C=O) groups excluding carboxylic acids is 1. The van der Waals surface area contributed by atoms with Crippen LogP contribution < -0.4 is 10.1 Å². The fraction of sp³-hybridized carbons (Fsp3) is 0.278. The maximum absolute atomic E-state index is 11.9. The molecule has 0 aliphatic heterocycles. The van der Waals surface area contributed by atoms with Gasteiger partial charge in [0.2, 0.25) is 0 Å². The van der Waals surface area contributed by atoms with Gasteiger partial charge in [-0.15, -0.1) is 0 Å². The molecule has 0 fully saturated rings. The van der Waals surface area contributed by atoms with Gasteiger partial charge in [-0.2, -0.15) is 0 Å². The average molecular weight is 344 g/mol. The number of benzene rings is 1. The predicted molar refractivity (Wildman–Crippen MR) is 90.8 cm³/mol. The molecule has 7 heteroatoms. The second kappa shape index (κ2) is 9.39. The molecular weight excluding hydrogens is 324 g/mol. The molecule has 1 aromatic heterocycles. The first-order valence-corrected chi connectivity index (χ1v) is 7.78. The fourth-order valence-electron chi connectivity index (χ4n) is 2.04. The molecule has 0 spiro atoms. The van der Waals surface area contributed by atoms with Crippen LogP contribution in [-0.4, -0.2) is 42.2 Å². The quantitative estimate of drug-likeness (QED) is 0.676. The minimum absolute atomic E-state index is 0.0940. The van der Waals surface area contributed by atoms with Gasteiger partial charge in [0.15, 0.2) is 0 Å². The largest absolute Gasteiger partial charge is 0.497 e. The Balaban J connectivity index is 1.63. The molecular formula is C18H20N2O5. The summed E-state index contributed by atoms with van der Waals surface area (Å²) in [7, 11) is 1.62. The Morgan fingerprint density at radius 1 is 1.16 bits per heavy atom. The summed E-state index contributed by atoms with van der Waals surface area (Å²) < 4.78 is 10.6. The van der Waals surface area contributed by atoms with Gasteiger partial charge in [0.1, 0.15) is 11.4 Å². The summed E-state index contributed by atoms with van der Waals surface area (Å²) in [6.45, 7) is 1.48. The average Bonchev–Trinajstić information content (AvgIpc) is 2.65. The third kappa shape index (κ3) is 5.89. The maximum Gasteiger partial charge on any atom is 0.354 e. The highest BCUT2D eigenvalue weighted by molar-refractivity contribution is 5.94. The summed E-state index contributed by atoms with van der Waals surface area (Å²) in [5.41, 5.74) is 1.28. The number of nitrogens with zero attached hydrogens (tertiary/aromatic N) is 1. The van der Waals surface area contributed by atoms with Crippen molar-refractivity contribution >= 4 is 11.9 Å². The number of aromatic carboxylic acids is 1. The molecule has 1 amide bonds. The Morgan fingerprint density at radius 3 is 2.52 bits per heavy atom. The molecule has 0 atom stereocenters. The molecule has 2 rings (SSSR count). The molecule has 25 heavy (non-hydrogen) atoms. The number of amides is 1. The van der Waals surface area contributed by atoms with Crippen molar-refractivity contribution < 1.29 is 24.2 Å². The third-order valence-electron chi connectivity index (χ3n) is 3.42. The fourth-order valence-corrected chi connectivity index (χ4v) is 2.04. The number of nitrogens with one attached hydrogen (secondary N) is 1. The lowest BCUT2D eigenvalue weighted by Gasteiger charge is -2.07. The van der Waals surface area contributed by atoms with Crippen molar-refractivity contribution in [3.63, 3.8) is 0 Å². The van der Waals surface area contributed by atoms with Crippen LogP contribution in [0, 0.1) is 0 Å². The number of methoxy groups -OCH3 is 1. The molecule has 0 bridgehead atoms. The zero-order valence-electron chi connectivity index (χ0n) is 13.9. The molecule has 2 N–H and O–H groups in total. The number of aromatic nitrogens is 1. The summed E-state index contributed by atoms with van der Waals surface area (Å²) >= 11 is 0. The zero-order valence-corrected chi connectivity index (χ0v) is 13.9. The lowest BCUT2D eigenvalue weighted by Crippen LogP contribution is -2.25. The van der Waals surface area contributed by atoms with Gasteiger partial charge in [-0.05, 0) is 36.2 Å². The summed E-state index contributed by atoms with van der Waals surface area (Å²) in [5.74, 6) is -0.613. The van der Waals surface area contributed by atoms with Crippen LogP contribution in [0.25, 0.3) is 0 Å². The van der Waals surface area contributed by atoms with Crippen LogP contribution in [0.5, 0.6) is 5.75 Å². The zero-order chi connectivity index (χ0) is 18.1. The number of hydrogen-bond acceptors (Lipinski definition) is 5. The van der Waals surface area contributed by atoms with E-state index >= 15 is 0 Å². The topological polar surface area (TPSA) is 97.8 Å². The first kappa shape index (κ1) is 18.4. The van der Waals surface area contributed by atoms with E-state index in [4.69, 9.17) is 14.6 Å². The number of carboxylic acids is 1. The minimum Gasteiger partial charge on any atom is -0.497 e. The molecule has 0 saturated heterocycles. The SMILES string of the molecule is COc1ccc(COCCCNC(=O)c2ccc(C(=O)O)nc2)cc1. The third-order valence-corrected chi connectivity index (χ3v) is 3.42. The summed E-state index contributed by atoms with van der Waals surface area (Å²) in [6, 6.07) is 10.4. The van der Waals surface area contributed by atoms with Gasteiger partial charge < -0.3 is 19.9 Å². The van der Waals surface area contributed by atoms with Gasteiger partial charge >= 0.3 is 5.97 Å². The number of hydrogen-bond donors (Lipinski definition) is 2. The first-order chi connectivity index (χ1) is 12.1. The molecule has 0 radical (unpaired) electrons. The van der Waals surface area contributed by atoms with E-state index in [9.17, 15) is 9.59 Å². The Bertz CT molecular complexity index is 698. The molecule has 0 unspecified atom stereocenters. The van der Waals surface area contributed by atoms with Crippen LogP contribution in [0.1, 0.15) is 32.8 Å². The normalized spacial score (nSPS) is 10.3. The molecule has 132 valence electrons. The second-order valence-electron chi connectivity index (χ2n) is 5.25. The van der Waals surface area contributed by atoms with Crippen LogP contribution >= 0.6 is 0 Å². The molecule has 0 saturated carbocycles. The Labute approximate surface area is 145 Å². The van der Waals surface area contributed by atoms with Crippen molar-refractivity contribution in [2.24, 2.45) is 0 Å². The number of pyridine rings is 1. The molecule has 1 heterocycles. The summed E-state index contributed by atoms with van der Waals surface area (Å²) in [4.78, 5) is 26.3. The Kier molecular flexibility index (Phi) is 6.91. The van der Waals surface area contributed by atoms with Crippen LogP contribution in [0.3, 0.4) is 0 Å². The van der Waals surface area contributed by atoms with E-state index in [1.54, 1.807) is 7.11 Å². The smallest absolute Gasteiger partial charge is 0.354 e. The van der Waals surface area contributed by atoms with E-state index in [1.807, 2.05) is 24.3 Å². The monoisotopic (exact) mass is 344 g/mol. The summed E-state index contributed by atoms with van der Waals surface area (Å²) in [6.07, 6.45) is 1.92. The first-order valence-electron chi connectivity index (χ1n) is 7.78. The molecule has 0 aliphatic carbocycles. The van der Waals surface area contributed by atoms with Gasteiger partial charge in [-0.1, -0.05) is 12.1 Å². The van der Waals surface area contributed by atoms with Gasteiger partial charge in [-0.3, -0.25) is 4.79 Å². The Morgan fingerprint density at radius 2 is 1.92 bits per heavy atom. The van der Waals surface area contributed by atoms with E-state index in [0.29, 0.717) is 31.7 Å². The van der Waals surface area contributed by atoms with Crippen LogP contribution in [0.15, 0.2) is 42.6 Å². The maximum atomic E-state index is 11.9. The molecule has 2 aromatic rings. The van der Waals surface area contributed by atoms with Gasteiger partial charge in [-0.25, -0.2) is 9.78 Å². The standard InChI is InChI=1S/C18H20N2O5/c1-24-15-6-3-13(4-7-15)12-25-10-2-9-19-17(21)14-5-8-16(18(22)23)20-11-14/h3-8,11H,2,9-10,12H2,1H3,(H,19,21)(H,22,23). The van der Waals surface area contributed by atoms with E-state index in [0.717, 1.165) is 11.3 Å². The summed E-state index contributed by atoms with van der Waals surface area (Å²) in [5, 5.41) is 11.5. The van der Waals surface area contributed by atoms with Gasteiger partial charge in [0.25, 0.3) is 5.91 Å². The van der Waals surface area contributed by atoms with Crippen LogP contribution in [0.4, 0.5) is 0 Å². The number of rotatable bonds is 9. The number of ether oxygens (including phenoxy) is 2. The van der Waals surface area contributed by atoms with E-state index < -0.39 is 5.97 Å². The van der Waals surface area contributed by atoms with Crippen molar-refractivity contribution in [1.29, 1.82) is 0 Å². The highest BCUT2D eigenvalue weighted by Crippen LogP contribution is 2.11. The van der Waals surface area contributed by atoms with Crippen molar-refractivity contribution in [1.82, 2.24) is 10.3 Å². The van der Waals surface area contributed by atoms with Crippen molar-refractivity contribution in [3.8, 4) is 5.75 Å². The molecule has 7 nitrogen and oxygen atoms in total. The van der Waals surface area contributed by atoms with E-state index in [2.05, 4.69) is 10.3 Å². The Hall–Kier alpha value is -2.93. The van der Waals surface area contributed by atoms with E-state index in [1.165, 1.54) is 18.3 Å². The lowest BCUT2D eigenvalue weighted by atomic mass is 10.2. The van der Waals surface area contributed by atoms with Crippen molar-refractivity contribution in [2.75, 3.05) is 20.3 Å². The predicted octanol–water partition coefficient (Wildman–Crippen LogP) is 2.13. The van der Waals surface area contributed by atoms with Crippen LogP contribution in [-0.2, 0) is 11.3 Å². The van der Waals surface area contributed by atoms with Gasteiger partial charge in [0.05, 0.1) is 19.3 Å². The lowest BCUT2D eigenvalue weighted by molar-refractivity contribution is 0.0689. The van der Waals surface area contributed by atoms with Crippen molar-refractivity contribution in [3.05, 3.63) is 59.4 Å². The molecule has 1 aromatic carbocycles. The highest BCUT2D eigenvalue weighted by atomic mass is 16.5. The molecule has 0 aliphatic rings. The number of carboxylic acid groups (broad SMARTS) is 1. The number of carbonyl (C=O) groups is 2. The van der Waals surface area contributed by atoms with Crippen molar-refractivity contribution in [2.45, 2.75) is 13.0 Å². The second-order valence-corrected chi connectivity index (χ2v) is 5.25. The van der Waals surface area contributed by atoms with Crippen LogP contribution in [0.2, 0.25) is 0 Å². The van der Waals surface area contributed by atoms with E-state index in [-0.39, 0.29) is 11.6 Å². The minimum atomic E-state index is -1.12. The highest BCUT2D eigenvalue weighted by Gasteiger charge is 2.08.